The van der Waals surface area contributed by atoms with Crippen molar-refractivity contribution in [1.29, 1.82) is 0 Å². The minimum absolute atomic E-state index is 0.0578. The SMILES string of the molecule is CC(C)(C)NC(=O)CNC(=O)Cc1csc(N2CCCC2=O)n1. The maximum Gasteiger partial charge on any atom is 0.239 e. The van der Waals surface area contributed by atoms with E-state index in [2.05, 4.69) is 15.6 Å². The van der Waals surface area contributed by atoms with Crippen LogP contribution in [0.4, 0.5) is 5.13 Å². The Bertz CT molecular complexity index is 606. The van der Waals surface area contributed by atoms with E-state index in [4.69, 9.17) is 0 Å². The molecule has 0 radical (unpaired) electrons. The van der Waals surface area contributed by atoms with Crippen molar-refractivity contribution in [3.8, 4) is 0 Å². The summed E-state index contributed by atoms with van der Waals surface area (Å²) in [5, 5.41) is 7.76. The Morgan fingerprint density at radius 1 is 1.35 bits per heavy atom. The molecule has 1 aromatic heterocycles. The van der Waals surface area contributed by atoms with Gasteiger partial charge in [0.15, 0.2) is 5.13 Å². The molecule has 2 rings (SSSR count). The highest BCUT2D eigenvalue weighted by atomic mass is 32.1. The third-order valence-electron chi connectivity index (χ3n) is 3.15. The molecule has 0 atom stereocenters. The zero-order valence-electron chi connectivity index (χ0n) is 13.6. The van der Waals surface area contributed by atoms with Gasteiger partial charge in [-0.05, 0) is 27.2 Å². The van der Waals surface area contributed by atoms with Gasteiger partial charge in [-0.2, -0.15) is 0 Å². The minimum Gasteiger partial charge on any atom is -0.350 e. The van der Waals surface area contributed by atoms with Gasteiger partial charge in [0, 0.05) is 23.9 Å². The maximum atomic E-state index is 11.9. The van der Waals surface area contributed by atoms with Crippen molar-refractivity contribution in [2.24, 2.45) is 0 Å². The fraction of sp³-hybridized carbons (Fsp3) is 0.600. The summed E-state index contributed by atoms with van der Waals surface area (Å²) in [7, 11) is 0. The highest BCUT2D eigenvalue weighted by Gasteiger charge is 2.24. The molecule has 2 heterocycles. The molecule has 0 aromatic carbocycles. The number of hydrogen-bond donors (Lipinski definition) is 2. The summed E-state index contributed by atoms with van der Waals surface area (Å²) >= 11 is 1.36. The van der Waals surface area contributed by atoms with Gasteiger partial charge in [0.25, 0.3) is 0 Å². The van der Waals surface area contributed by atoms with E-state index in [9.17, 15) is 14.4 Å². The third-order valence-corrected chi connectivity index (χ3v) is 4.06. The summed E-state index contributed by atoms with van der Waals surface area (Å²) in [4.78, 5) is 41.2. The average molecular weight is 338 g/mol. The maximum absolute atomic E-state index is 11.9. The standard InChI is InChI=1S/C15H22N4O3S/c1-15(2,3)18-12(21)8-16-11(20)7-10-9-23-14(17-10)19-6-4-5-13(19)22/h9H,4-8H2,1-3H3,(H,16,20)(H,18,21). The fourth-order valence-corrected chi connectivity index (χ4v) is 3.09. The number of nitrogens with one attached hydrogen (secondary N) is 2. The molecule has 0 unspecified atom stereocenters. The van der Waals surface area contributed by atoms with Crippen LogP contribution in [0.25, 0.3) is 0 Å². The number of carbonyl (C=O) groups excluding carboxylic acids is 3. The Hall–Kier alpha value is -1.96. The molecular weight excluding hydrogens is 316 g/mol. The van der Waals surface area contributed by atoms with Crippen molar-refractivity contribution in [3.63, 3.8) is 0 Å². The molecular formula is C15H22N4O3S. The van der Waals surface area contributed by atoms with Crippen LogP contribution >= 0.6 is 11.3 Å². The van der Waals surface area contributed by atoms with Gasteiger partial charge < -0.3 is 10.6 Å². The van der Waals surface area contributed by atoms with Crippen molar-refractivity contribution in [1.82, 2.24) is 15.6 Å². The molecule has 1 aliphatic rings. The van der Waals surface area contributed by atoms with Gasteiger partial charge in [-0.1, -0.05) is 0 Å². The number of aromatic nitrogens is 1. The molecule has 1 aromatic rings. The summed E-state index contributed by atoms with van der Waals surface area (Å²) in [5.41, 5.74) is 0.284. The lowest BCUT2D eigenvalue weighted by atomic mass is 10.1. The minimum atomic E-state index is -0.326. The van der Waals surface area contributed by atoms with Gasteiger partial charge in [-0.15, -0.1) is 11.3 Å². The van der Waals surface area contributed by atoms with E-state index in [1.807, 2.05) is 20.8 Å². The summed E-state index contributed by atoms with van der Waals surface area (Å²) in [6.07, 6.45) is 1.50. The molecule has 1 fully saturated rings. The number of hydrogen-bond acceptors (Lipinski definition) is 5. The molecule has 0 saturated carbocycles. The average Bonchev–Trinajstić information content (AvgIpc) is 3.03. The zero-order chi connectivity index (χ0) is 17.0. The number of amides is 3. The van der Waals surface area contributed by atoms with E-state index in [1.165, 1.54) is 11.3 Å². The molecule has 3 amide bonds. The predicted octanol–water partition coefficient (Wildman–Crippen LogP) is 0.843. The van der Waals surface area contributed by atoms with Gasteiger partial charge in [0.05, 0.1) is 18.7 Å². The summed E-state index contributed by atoms with van der Waals surface area (Å²) in [6.45, 7) is 6.26. The molecule has 126 valence electrons. The van der Waals surface area contributed by atoms with Crippen molar-refractivity contribution in [3.05, 3.63) is 11.1 Å². The van der Waals surface area contributed by atoms with Crippen molar-refractivity contribution < 1.29 is 14.4 Å². The lowest BCUT2D eigenvalue weighted by Gasteiger charge is -2.20. The van der Waals surface area contributed by atoms with Gasteiger partial charge in [0.1, 0.15) is 0 Å². The summed E-state index contributed by atoms with van der Waals surface area (Å²) in [6, 6.07) is 0. The zero-order valence-corrected chi connectivity index (χ0v) is 14.5. The van der Waals surface area contributed by atoms with E-state index in [0.717, 1.165) is 6.42 Å². The first-order chi connectivity index (χ1) is 10.7. The van der Waals surface area contributed by atoms with Crippen molar-refractivity contribution in [2.75, 3.05) is 18.0 Å². The van der Waals surface area contributed by atoms with Crippen LogP contribution < -0.4 is 15.5 Å². The second-order valence-corrected chi connectivity index (χ2v) is 7.36. The molecule has 0 bridgehead atoms. The lowest BCUT2D eigenvalue weighted by Crippen LogP contribution is -2.46. The molecule has 1 aliphatic heterocycles. The van der Waals surface area contributed by atoms with Crippen LogP contribution in [0.5, 0.6) is 0 Å². The van der Waals surface area contributed by atoms with Gasteiger partial charge in [-0.3, -0.25) is 19.3 Å². The Labute approximate surface area is 139 Å². The topological polar surface area (TPSA) is 91.4 Å². The van der Waals surface area contributed by atoms with E-state index in [1.54, 1.807) is 10.3 Å². The van der Waals surface area contributed by atoms with Crippen molar-refractivity contribution >= 4 is 34.2 Å². The number of carbonyl (C=O) groups is 3. The fourth-order valence-electron chi connectivity index (χ4n) is 2.22. The highest BCUT2D eigenvalue weighted by molar-refractivity contribution is 7.14. The molecule has 0 spiro atoms. The smallest absolute Gasteiger partial charge is 0.239 e. The van der Waals surface area contributed by atoms with Crippen LogP contribution in [0.1, 0.15) is 39.3 Å². The summed E-state index contributed by atoms with van der Waals surface area (Å²) in [5.74, 6) is -0.416. The van der Waals surface area contributed by atoms with E-state index in [0.29, 0.717) is 23.8 Å². The Morgan fingerprint density at radius 2 is 2.09 bits per heavy atom. The van der Waals surface area contributed by atoms with Crippen LogP contribution in [-0.4, -0.2) is 41.3 Å². The normalized spacial score (nSPS) is 14.9. The monoisotopic (exact) mass is 338 g/mol. The quantitative estimate of drug-likeness (QED) is 0.832. The van der Waals surface area contributed by atoms with Crippen LogP contribution in [0.3, 0.4) is 0 Å². The molecule has 8 heteroatoms. The number of rotatable bonds is 5. The molecule has 1 saturated heterocycles. The number of thiazole rings is 1. The van der Waals surface area contributed by atoms with Gasteiger partial charge in [-0.25, -0.2) is 4.98 Å². The molecule has 7 nitrogen and oxygen atoms in total. The van der Waals surface area contributed by atoms with Crippen LogP contribution in [0.2, 0.25) is 0 Å². The van der Waals surface area contributed by atoms with E-state index < -0.39 is 0 Å². The van der Waals surface area contributed by atoms with Gasteiger partial charge in [0.2, 0.25) is 17.7 Å². The second-order valence-electron chi connectivity index (χ2n) is 6.52. The summed E-state index contributed by atoms with van der Waals surface area (Å²) < 4.78 is 0. The lowest BCUT2D eigenvalue weighted by molar-refractivity contribution is -0.126. The Morgan fingerprint density at radius 3 is 2.70 bits per heavy atom. The van der Waals surface area contributed by atoms with Crippen LogP contribution in [0.15, 0.2) is 5.38 Å². The number of nitrogens with zero attached hydrogens (tertiary/aromatic N) is 2. The third kappa shape index (κ3) is 5.31. The molecule has 23 heavy (non-hydrogen) atoms. The first kappa shape index (κ1) is 17.4. The molecule has 0 aliphatic carbocycles. The first-order valence-electron chi connectivity index (χ1n) is 7.57. The van der Waals surface area contributed by atoms with E-state index in [-0.39, 0.29) is 36.2 Å². The Kier molecular flexibility index (Phi) is 5.35. The first-order valence-corrected chi connectivity index (χ1v) is 8.45. The second kappa shape index (κ2) is 7.08. The Balaban J connectivity index is 1.81. The predicted molar refractivity (Wildman–Crippen MR) is 88.3 cm³/mol. The highest BCUT2D eigenvalue weighted by Crippen LogP contribution is 2.25. The van der Waals surface area contributed by atoms with Crippen LogP contribution in [0, 0.1) is 0 Å². The largest absolute Gasteiger partial charge is 0.350 e. The number of anilines is 1. The van der Waals surface area contributed by atoms with Crippen LogP contribution in [-0.2, 0) is 20.8 Å². The van der Waals surface area contributed by atoms with E-state index >= 15 is 0 Å². The van der Waals surface area contributed by atoms with Gasteiger partial charge >= 0.3 is 0 Å². The van der Waals surface area contributed by atoms with Crippen molar-refractivity contribution in [2.45, 2.75) is 45.6 Å². The molecule has 2 N–H and O–H groups in total.